The van der Waals surface area contributed by atoms with Gasteiger partial charge in [-0.05, 0) is 6.92 Å². The summed E-state index contributed by atoms with van der Waals surface area (Å²) in [6.07, 6.45) is 0. The number of ether oxygens (including phenoxy) is 1. The third-order valence-corrected chi connectivity index (χ3v) is 2.88. The molecule has 0 aromatic heterocycles. The minimum absolute atomic E-state index is 0.224. The molecule has 3 heterocycles. The molecule has 3 rings (SSSR count). The normalized spacial score (nSPS) is 37.5. The van der Waals surface area contributed by atoms with Gasteiger partial charge in [0.2, 0.25) is 0 Å². The van der Waals surface area contributed by atoms with Gasteiger partial charge in [-0.15, -0.1) is 0 Å². The van der Waals surface area contributed by atoms with E-state index in [1.54, 1.807) is 0 Å². The molecule has 0 amide bonds. The summed E-state index contributed by atoms with van der Waals surface area (Å²) in [4.78, 5) is 4.77. The lowest BCUT2D eigenvalue weighted by Crippen LogP contribution is -2.63. The number of hydrogen-bond acceptors (Lipinski definition) is 4. The molecular weight excluding hydrogens is 166 g/mol. The summed E-state index contributed by atoms with van der Waals surface area (Å²) in [7, 11) is 0. The van der Waals surface area contributed by atoms with Gasteiger partial charge in [-0.3, -0.25) is 15.2 Å². The predicted molar refractivity (Wildman–Crippen MR) is 51.2 cm³/mol. The lowest BCUT2D eigenvalue weighted by atomic mass is 10.1. The maximum absolute atomic E-state index is 7.75. The van der Waals surface area contributed by atoms with Gasteiger partial charge in [0.1, 0.15) is 0 Å². The van der Waals surface area contributed by atoms with E-state index < -0.39 is 0 Å². The van der Waals surface area contributed by atoms with Crippen LogP contribution in [-0.4, -0.2) is 61.1 Å². The molecule has 3 fully saturated rings. The van der Waals surface area contributed by atoms with Crippen molar-refractivity contribution in [3.05, 3.63) is 0 Å². The first-order valence-electron chi connectivity index (χ1n) is 4.99. The minimum Gasteiger partial charge on any atom is -0.480 e. The minimum atomic E-state index is 0.224. The predicted octanol–water partition coefficient (Wildman–Crippen LogP) is -0.0000300. The van der Waals surface area contributed by atoms with Crippen LogP contribution in [0.1, 0.15) is 6.92 Å². The zero-order valence-corrected chi connectivity index (χ0v) is 8.12. The summed E-state index contributed by atoms with van der Waals surface area (Å²) in [5.41, 5.74) is 0. The molecule has 1 atom stereocenters. The molecule has 1 unspecified atom stereocenters. The SMILES string of the molecule is CCOC(=N)C1CN2CCN1CC2. The summed E-state index contributed by atoms with van der Waals surface area (Å²) < 4.78 is 5.25. The second-order valence-corrected chi connectivity index (χ2v) is 3.65. The maximum Gasteiger partial charge on any atom is 0.199 e. The lowest BCUT2D eigenvalue weighted by molar-refractivity contribution is 0.0306. The zero-order valence-electron chi connectivity index (χ0n) is 8.12. The van der Waals surface area contributed by atoms with E-state index in [9.17, 15) is 0 Å². The third-order valence-electron chi connectivity index (χ3n) is 2.88. The van der Waals surface area contributed by atoms with Gasteiger partial charge in [0.25, 0.3) is 0 Å². The van der Waals surface area contributed by atoms with Crippen molar-refractivity contribution < 1.29 is 4.74 Å². The van der Waals surface area contributed by atoms with Crippen LogP contribution in [0, 0.1) is 5.41 Å². The number of fused-ring (bicyclic) bond motifs is 3. The van der Waals surface area contributed by atoms with Crippen molar-refractivity contribution in [2.24, 2.45) is 0 Å². The smallest absolute Gasteiger partial charge is 0.199 e. The Morgan fingerprint density at radius 1 is 1.38 bits per heavy atom. The van der Waals surface area contributed by atoms with Gasteiger partial charge in [0.05, 0.1) is 12.6 Å². The first kappa shape index (κ1) is 8.97. The molecule has 2 bridgehead atoms. The lowest BCUT2D eigenvalue weighted by Gasteiger charge is -2.46. The van der Waals surface area contributed by atoms with E-state index in [2.05, 4.69) is 9.80 Å². The number of nitrogens with zero attached hydrogens (tertiary/aromatic N) is 2. The number of piperazine rings is 3. The molecule has 4 heteroatoms. The van der Waals surface area contributed by atoms with Crippen molar-refractivity contribution >= 4 is 5.90 Å². The second-order valence-electron chi connectivity index (χ2n) is 3.65. The van der Waals surface area contributed by atoms with Crippen LogP contribution in [0.3, 0.4) is 0 Å². The molecule has 0 aromatic carbocycles. The fourth-order valence-electron chi connectivity index (χ4n) is 2.12. The Morgan fingerprint density at radius 2 is 2.08 bits per heavy atom. The van der Waals surface area contributed by atoms with E-state index in [-0.39, 0.29) is 6.04 Å². The largest absolute Gasteiger partial charge is 0.480 e. The molecule has 3 aliphatic rings. The Hall–Kier alpha value is -0.610. The van der Waals surface area contributed by atoms with E-state index in [1.807, 2.05) is 6.92 Å². The monoisotopic (exact) mass is 183 g/mol. The number of rotatable bonds is 2. The molecule has 4 nitrogen and oxygen atoms in total. The van der Waals surface area contributed by atoms with Crippen LogP contribution < -0.4 is 0 Å². The first-order chi connectivity index (χ1) is 6.31. The Kier molecular flexibility index (Phi) is 2.51. The van der Waals surface area contributed by atoms with E-state index in [1.165, 1.54) is 0 Å². The van der Waals surface area contributed by atoms with Crippen LogP contribution >= 0.6 is 0 Å². The van der Waals surface area contributed by atoms with Gasteiger partial charge in [0, 0.05) is 32.7 Å². The van der Waals surface area contributed by atoms with Crippen molar-refractivity contribution in [2.45, 2.75) is 13.0 Å². The molecule has 0 radical (unpaired) electrons. The van der Waals surface area contributed by atoms with Crippen LogP contribution in [0.15, 0.2) is 0 Å². The third kappa shape index (κ3) is 1.69. The molecule has 3 aliphatic heterocycles. The van der Waals surface area contributed by atoms with Gasteiger partial charge in [-0.2, -0.15) is 0 Å². The Labute approximate surface area is 79.0 Å². The summed E-state index contributed by atoms with van der Waals surface area (Å²) in [5, 5.41) is 7.75. The standard InChI is InChI=1S/C9H17N3O/c1-2-13-9(10)8-7-11-3-5-12(8)6-4-11/h8,10H,2-7H2,1H3. The average molecular weight is 183 g/mol. The topological polar surface area (TPSA) is 39.6 Å². The highest BCUT2D eigenvalue weighted by molar-refractivity contribution is 5.79. The van der Waals surface area contributed by atoms with E-state index in [4.69, 9.17) is 10.1 Å². The quantitative estimate of drug-likeness (QED) is 0.484. The van der Waals surface area contributed by atoms with Crippen molar-refractivity contribution in [3.8, 4) is 0 Å². The summed E-state index contributed by atoms with van der Waals surface area (Å²) >= 11 is 0. The molecule has 0 spiro atoms. The molecule has 1 N–H and O–H groups in total. The number of hydrogen-bond donors (Lipinski definition) is 1. The van der Waals surface area contributed by atoms with Crippen molar-refractivity contribution in [1.29, 1.82) is 5.41 Å². The molecule has 0 aromatic rings. The summed E-state index contributed by atoms with van der Waals surface area (Å²) in [6, 6.07) is 0.224. The van der Waals surface area contributed by atoms with E-state index in [0.29, 0.717) is 12.5 Å². The fourth-order valence-corrected chi connectivity index (χ4v) is 2.12. The van der Waals surface area contributed by atoms with Gasteiger partial charge in [-0.1, -0.05) is 0 Å². The first-order valence-corrected chi connectivity index (χ1v) is 4.99. The van der Waals surface area contributed by atoms with Gasteiger partial charge in [-0.25, -0.2) is 0 Å². The van der Waals surface area contributed by atoms with Crippen molar-refractivity contribution in [3.63, 3.8) is 0 Å². The number of nitrogens with one attached hydrogen (secondary N) is 1. The molecule has 3 saturated heterocycles. The summed E-state index contributed by atoms with van der Waals surface area (Å²) in [5.74, 6) is 0.451. The van der Waals surface area contributed by atoms with Crippen LogP contribution in [0.4, 0.5) is 0 Å². The van der Waals surface area contributed by atoms with Crippen LogP contribution in [-0.2, 0) is 4.74 Å². The van der Waals surface area contributed by atoms with E-state index in [0.717, 1.165) is 32.7 Å². The Bertz CT molecular complexity index is 199. The maximum atomic E-state index is 7.75. The van der Waals surface area contributed by atoms with Crippen LogP contribution in [0.5, 0.6) is 0 Å². The second kappa shape index (κ2) is 3.64. The Morgan fingerprint density at radius 3 is 2.54 bits per heavy atom. The van der Waals surface area contributed by atoms with Gasteiger partial charge in [0.15, 0.2) is 5.90 Å². The highest BCUT2D eigenvalue weighted by Gasteiger charge is 2.35. The Balaban J connectivity index is 1.96. The van der Waals surface area contributed by atoms with Crippen molar-refractivity contribution in [1.82, 2.24) is 9.80 Å². The molecule has 13 heavy (non-hydrogen) atoms. The van der Waals surface area contributed by atoms with E-state index >= 15 is 0 Å². The molecule has 0 aliphatic carbocycles. The van der Waals surface area contributed by atoms with Crippen LogP contribution in [0.25, 0.3) is 0 Å². The van der Waals surface area contributed by atoms with Crippen LogP contribution in [0.2, 0.25) is 0 Å². The summed E-state index contributed by atoms with van der Waals surface area (Å²) in [6.45, 7) is 8.05. The zero-order chi connectivity index (χ0) is 9.26. The fraction of sp³-hybridized carbons (Fsp3) is 0.889. The molecular formula is C9H17N3O. The van der Waals surface area contributed by atoms with Crippen molar-refractivity contribution in [2.75, 3.05) is 39.3 Å². The van der Waals surface area contributed by atoms with Gasteiger partial charge >= 0.3 is 0 Å². The molecule has 74 valence electrons. The average Bonchev–Trinajstić information content (AvgIpc) is 2.20. The highest BCUT2D eigenvalue weighted by Crippen LogP contribution is 2.16. The molecule has 0 saturated carbocycles. The highest BCUT2D eigenvalue weighted by atomic mass is 16.5. The van der Waals surface area contributed by atoms with Gasteiger partial charge < -0.3 is 4.74 Å².